The van der Waals surface area contributed by atoms with Crippen molar-refractivity contribution in [1.29, 1.82) is 0 Å². The molecule has 33 heavy (non-hydrogen) atoms. The van der Waals surface area contributed by atoms with Crippen molar-refractivity contribution >= 4 is 5.97 Å². The SMILES string of the molecule is C=C(C)C(=O)OCCCc1cc(-c2ccc(C3CCCCC3)cc2CC)ccc1OCCO. The average molecular weight is 451 g/mol. The van der Waals surface area contributed by atoms with Gasteiger partial charge in [0.1, 0.15) is 12.4 Å². The molecular weight excluding hydrogens is 412 g/mol. The summed E-state index contributed by atoms with van der Waals surface area (Å²) in [5, 5.41) is 9.19. The Morgan fingerprint density at radius 1 is 1.06 bits per heavy atom. The number of carbonyl (C=O) groups excluding carboxylic acids is 1. The van der Waals surface area contributed by atoms with Crippen LogP contribution in [0.15, 0.2) is 48.6 Å². The molecule has 0 radical (unpaired) electrons. The fraction of sp³-hybridized carbons (Fsp3) is 0.483. The van der Waals surface area contributed by atoms with Crippen molar-refractivity contribution in [3.63, 3.8) is 0 Å². The molecule has 2 aromatic carbocycles. The minimum atomic E-state index is -0.355. The third kappa shape index (κ3) is 6.94. The van der Waals surface area contributed by atoms with Gasteiger partial charge in [0.15, 0.2) is 0 Å². The predicted molar refractivity (Wildman–Crippen MR) is 134 cm³/mol. The molecule has 1 aliphatic carbocycles. The molecule has 178 valence electrons. The zero-order valence-corrected chi connectivity index (χ0v) is 20.2. The summed E-state index contributed by atoms with van der Waals surface area (Å²) in [6.07, 6.45) is 9.07. The lowest BCUT2D eigenvalue weighted by atomic mass is 9.82. The first kappa shape index (κ1) is 25.0. The number of aliphatic hydroxyl groups excluding tert-OH is 1. The van der Waals surface area contributed by atoms with Crippen LogP contribution in [-0.2, 0) is 22.4 Å². The van der Waals surface area contributed by atoms with Gasteiger partial charge in [0.2, 0.25) is 0 Å². The molecule has 0 amide bonds. The van der Waals surface area contributed by atoms with Crippen LogP contribution in [0.2, 0.25) is 0 Å². The Morgan fingerprint density at radius 2 is 1.85 bits per heavy atom. The van der Waals surface area contributed by atoms with E-state index in [1.807, 2.05) is 6.07 Å². The predicted octanol–water partition coefficient (Wildman–Crippen LogP) is 6.39. The number of aliphatic hydroxyl groups is 1. The quantitative estimate of drug-likeness (QED) is 0.245. The zero-order chi connectivity index (χ0) is 23.6. The second-order valence-corrected chi connectivity index (χ2v) is 9.02. The molecule has 1 saturated carbocycles. The summed E-state index contributed by atoms with van der Waals surface area (Å²) in [5.41, 5.74) is 6.77. The van der Waals surface area contributed by atoms with Gasteiger partial charge in [-0.15, -0.1) is 0 Å². The smallest absolute Gasteiger partial charge is 0.333 e. The lowest BCUT2D eigenvalue weighted by Gasteiger charge is -2.23. The molecular formula is C29H38O4. The van der Waals surface area contributed by atoms with E-state index in [1.54, 1.807) is 6.92 Å². The Morgan fingerprint density at radius 3 is 2.55 bits per heavy atom. The van der Waals surface area contributed by atoms with E-state index in [4.69, 9.17) is 9.47 Å². The third-order valence-corrected chi connectivity index (χ3v) is 6.48. The Balaban J connectivity index is 1.80. The minimum absolute atomic E-state index is 0.0278. The van der Waals surface area contributed by atoms with Crippen LogP contribution in [0.5, 0.6) is 5.75 Å². The highest BCUT2D eigenvalue weighted by Crippen LogP contribution is 2.36. The topological polar surface area (TPSA) is 55.8 Å². The molecule has 0 atom stereocenters. The zero-order valence-electron chi connectivity index (χ0n) is 20.2. The summed E-state index contributed by atoms with van der Waals surface area (Å²) >= 11 is 0. The molecule has 1 fully saturated rings. The van der Waals surface area contributed by atoms with Crippen molar-refractivity contribution in [2.45, 2.75) is 71.1 Å². The molecule has 0 heterocycles. The van der Waals surface area contributed by atoms with Crippen LogP contribution in [0, 0.1) is 0 Å². The van der Waals surface area contributed by atoms with Gasteiger partial charge < -0.3 is 14.6 Å². The van der Waals surface area contributed by atoms with E-state index in [-0.39, 0.29) is 19.2 Å². The summed E-state index contributed by atoms with van der Waals surface area (Å²) in [6.45, 7) is 8.06. The Kier molecular flexibility index (Phi) is 9.56. The molecule has 4 nitrogen and oxygen atoms in total. The fourth-order valence-corrected chi connectivity index (χ4v) is 4.67. The number of benzene rings is 2. The normalized spacial score (nSPS) is 14.2. The molecule has 2 aromatic rings. The van der Waals surface area contributed by atoms with Crippen LogP contribution >= 0.6 is 0 Å². The molecule has 0 bridgehead atoms. The van der Waals surface area contributed by atoms with E-state index in [9.17, 15) is 9.90 Å². The first-order valence-corrected chi connectivity index (χ1v) is 12.4. The van der Waals surface area contributed by atoms with Gasteiger partial charge in [-0.3, -0.25) is 0 Å². The molecule has 1 aliphatic rings. The maximum Gasteiger partial charge on any atom is 0.333 e. The van der Waals surface area contributed by atoms with Crippen LogP contribution in [0.25, 0.3) is 11.1 Å². The Hall–Kier alpha value is -2.59. The van der Waals surface area contributed by atoms with Gasteiger partial charge in [0.05, 0.1) is 13.2 Å². The number of rotatable bonds is 11. The van der Waals surface area contributed by atoms with Crippen molar-refractivity contribution in [1.82, 2.24) is 0 Å². The van der Waals surface area contributed by atoms with Crippen LogP contribution in [-0.4, -0.2) is 30.9 Å². The van der Waals surface area contributed by atoms with Gasteiger partial charge >= 0.3 is 5.97 Å². The van der Waals surface area contributed by atoms with Crippen LogP contribution in [0.3, 0.4) is 0 Å². The van der Waals surface area contributed by atoms with Gasteiger partial charge in [-0.2, -0.15) is 0 Å². The van der Waals surface area contributed by atoms with Gasteiger partial charge in [0, 0.05) is 5.57 Å². The van der Waals surface area contributed by atoms with Crippen molar-refractivity contribution in [3.8, 4) is 16.9 Å². The van der Waals surface area contributed by atoms with E-state index < -0.39 is 0 Å². The third-order valence-electron chi connectivity index (χ3n) is 6.48. The lowest BCUT2D eigenvalue weighted by molar-refractivity contribution is -0.139. The number of aryl methyl sites for hydroxylation is 2. The summed E-state index contributed by atoms with van der Waals surface area (Å²) in [7, 11) is 0. The molecule has 0 spiro atoms. The van der Waals surface area contributed by atoms with Crippen LogP contribution in [0.1, 0.15) is 75.0 Å². The molecule has 0 saturated heterocycles. The lowest BCUT2D eigenvalue weighted by Crippen LogP contribution is -2.08. The van der Waals surface area contributed by atoms with Crippen LogP contribution in [0.4, 0.5) is 0 Å². The highest BCUT2D eigenvalue weighted by atomic mass is 16.5. The van der Waals surface area contributed by atoms with Gasteiger partial charge in [-0.05, 0) is 84.9 Å². The first-order valence-electron chi connectivity index (χ1n) is 12.4. The monoisotopic (exact) mass is 450 g/mol. The highest BCUT2D eigenvalue weighted by Gasteiger charge is 2.17. The molecule has 0 aliphatic heterocycles. The van der Waals surface area contributed by atoms with Crippen molar-refractivity contribution in [3.05, 3.63) is 65.2 Å². The summed E-state index contributed by atoms with van der Waals surface area (Å²) < 4.78 is 11.0. The summed E-state index contributed by atoms with van der Waals surface area (Å²) in [6, 6.07) is 13.3. The van der Waals surface area contributed by atoms with Crippen molar-refractivity contribution in [2.24, 2.45) is 0 Å². The summed E-state index contributed by atoms with van der Waals surface area (Å²) in [5.74, 6) is 1.12. The Labute approximate surface area is 198 Å². The average Bonchev–Trinajstić information content (AvgIpc) is 2.85. The van der Waals surface area contributed by atoms with Gasteiger partial charge in [-0.25, -0.2) is 4.79 Å². The van der Waals surface area contributed by atoms with Crippen molar-refractivity contribution < 1.29 is 19.4 Å². The van der Waals surface area contributed by atoms with Gasteiger partial charge in [0.25, 0.3) is 0 Å². The van der Waals surface area contributed by atoms with E-state index in [0.29, 0.717) is 24.5 Å². The van der Waals surface area contributed by atoms with Gasteiger partial charge in [-0.1, -0.05) is 57.0 Å². The van der Waals surface area contributed by atoms with E-state index >= 15 is 0 Å². The second kappa shape index (κ2) is 12.6. The number of ether oxygens (including phenoxy) is 2. The standard InChI is InChI=1S/C29H38O4/c1-4-22-19-24(23-9-6-5-7-10-23)12-14-27(22)25-13-15-28(32-18-16-30)26(20-25)11-8-17-33-29(31)21(2)3/h12-15,19-20,23,30H,2,4-11,16-18H2,1,3H3. The summed E-state index contributed by atoms with van der Waals surface area (Å²) in [4.78, 5) is 11.6. The van der Waals surface area contributed by atoms with Crippen molar-refractivity contribution in [2.75, 3.05) is 19.8 Å². The largest absolute Gasteiger partial charge is 0.491 e. The highest BCUT2D eigenvalue weighted by molar-refractivity contribution is 5.86. The maximum absolute atomic E-state index is 11.6. The molecule has 0 unspecified atom stereocenters. The fourth-order valence-electron chi connectivity index (χ4n) is 4.67. The maximum atomic E-state index is 11.6. The number of hydrogen-bond acceptors (Lipinski definition) is 4. The second-order valence-electron chi connectivity index (χ2n) is 9.02. The minimum Gasteiger partial charge on any atom is -0.491 e. The molecule has 4 heteroatoms. The Bertz CT molecular complexity index is 941. The molecule has 0 aromatic heterocycles. The molecule has 1 N–H and O–H groups in total. The number of hydrogen-bond donors (Lipinski definition) is 1. The van der Waals surface area contributed by atoms with E-state index in [1.165, 1.54) is 54.4 Å². The van der Waals surface area contributed by atoms with E-state index in [2.05, 4.69) is 43.8 Å². The van der Waals surface area contributed by atoms with E-state index in [0.717, 1.165) is 24.2 Å². The number of carbonyl (C=O) groups is 1. The van der Waals surface area contributed by atoms with Crippen LogP contribution < -0.4 is 4.74 Å². The first-order chi connectivity index (χ1) is 16.0. The number of esters is 1. The molecule has 3 rings (SSSR count).